The Morgan fingerprint density at radius 2 is 1.93 bits per heavy atom. The smallest absolute Gasteiger partial charge is 0.280 e. The Balaban J connectivity index is 1.97. The van der Waals surface area contributed by atoms with Crippen molar-refractivity contribution in [1.82, 2.24) is 0 Å². The fraction of sp³-hybridized carbons (Fsp3) is 0.235. The number of allylic oxidation sites excluding steroid dienone is 1. The standard InChI is InChI=1S/C17H15N7O4S/c1-10-14(17(25)24(22-10)11-6-4-3-5-7-11)19-20-15-12(28-2)8-9-13(29(26)27)16(15)21-23-18/h3-9,14,16H,1-2H3. The summed E-state index contributed by atoms with van der Waals surface area (Å²) in [5.41, 5.74) is 9.79. The SMILES string of the molecule is COC1=C(N=NC2C(=O)N(c3ccccc3)N=C2C)C(N=[N+]=[N-])C(=S(=O)=O)C=C1. The highest BCUT2D eigenvalue weighted by molar-refractivity contribution is 7.73. The molecular formula is C17H15N7O4S. The Kier molecular flexibility index (Phi) is 5.86. The molecule has 1 aliphatic carbocycles. The first-order valence-electron chi connectivity index (χ1n) is 8.29. The van der Waals surface area contributed by atoms with Gasteiger partial charge in [0, 0.05) is 4.91 Å². The molecule has 1 aliphatic heterocycles. The van der Waals surface area contributed by atoms with E-state index in [9.17, 15) is 13.2 Å². The summed E-state index contributed by atoms with van der Waals surface area (Å²) in [6.45, 7) is 1.63. The maximum atomic E-state index is 12.7. The molecule has 1 aromatic rings. The second-order valence-electron chi connectivity index (χ2n) is 5.88. The van der Waals surface area contributed by atoms with E-state index in [1.807, 2.05) is 6.07 Å². The summed E-state index contributed by atoms with van der Waals surface area (Å²) in [4.78, 5) is 15.2. The van der Waals surface area contributed by atoms with E-state index in [4.69, 9.17) is 10.3 Å². The summed E-state index contributed by atoms with van der Waals surface area (Å²) in [6.07, 6.45) is 2.63. The van der Waals surface area contributed by atoms with E-state index in [2.05, 4.69) is 25.4 Å². The normalized spacial score (nSPS) is 21.4. The molecule has 2 atom stereocenters. The number of amides is 1. The molecule has 0 radical (unpaired) electrons. The van der Waals surface area contributed by atoms with Gasteiger partial charge < -0.3 is 4.74 Å². The number of hydrazone groups is 1. The summed E-state index contributed by atoms with van der Waals surface area (Å²) in [6, 6.07) is 6.56. The van der Waals surface area contributed by atoms with Crippen molar-refractivity contribution in [2.75, 3.05) is 12.1 Å². The predicted octanol–water partition coefficient (Wildman–Crippen LogP) is 2.39. The van der Waals surface area contributed by atoms with E-state index in [-0.39, 0.29) is 16.3 Å². The zero-order chi connectivity index (χ0) is 21.0. The highest BCUT2D eigenvalue weighted by Crippen LogP contribution is 2.26. The second-order valence-corrected chi connectivity index (χ2v) is 6.82. The van der Waals surface area contributed by atoms with Gasteiger partial charge in [-0.25, -0.2) is 0 Å². The number of rotatable bonds is 5. The van der Waals surface area contributed by atoms with Crippen LogP contribution in [0.3, 0.4) is 0 Å². The van der Waals surface area contributed by atoms with Crippen LogP contribution in [-0.2, 0) is 19.8 Å². The molecule has 2 unspecified atom stereocenters. The van der Waals surface area contributed by atoms with E-state index in [1.54, 1.807) is 31.2 Å². The van der Waals surface area contributed by atoms with Crippen LogP contribution in [0, 0.1) is 0 Å². The van der Waals surface area contributed by atoms with Crippen LogP contribution >= 0.6 is 0 Å². The zero-order valence-electron chi connectivity index (χ0n) is 15.4. The number of para-hydroxylation sites is 1. The molecule has 1 heterocycles. The van der Waals surface area contributed by atoms with Crippen molar-refractivity contribution in [2.24, 2.45) is 20.4 Å². The van der Waals surface area contributed by atoms with Gasteiger partial charge in [-0.1, -0.05) is 23.3 Å². The first kappa shape index (κ1) is 20.0. The van der Waals surface area contributed by atoms with Gasteiger partial charge in [-0.2, -0.15) is 28.8 Å². The Hall–Kier alpha value is -3.76. The molecule has 1 aromatic carbocycles. The van der Waals surface area contributed by atoms with E-state index < -0.39 is 28.3 Å². The molecule has 0 N–H and O–H groups in total. The summed E-state index contributed by atoms with van der Waals surface area (Å²) in [7, 11) is -1.29. The maximum absolute atomic E-state index is 12.7. The third-order valence-corrected chi connectivity index (χ3v) is 4.88. The number of carbonyl (C=O) groups is 1. The van der Waals surface area contributed by atoms with Crippen LogP contribution in [-0.4, -0.2) is 44.1 Å². The Morgan fingerprint density at radius 3 is 2.55 bits per heavy atom. The summed E-state index contributed by atoms with van der Waals surface area (Å²) in [5.74, 6) is -0.249. The van der Waals surface area contributed by atoms with Gasteiger partial charge in [0.05, 0.1) is 23.4 Å². The topological polar surface area (TPSA) is 150 Å². The van der Waals surface area contributed by atoms with Gasteiger partial charge in [0.15, 0.2) is 6.04 Å². The summed E-state index contributed by atoms with van der Waals surface area (Å²) in [5, 5.41) is 17.0. The monoisotopic (exact) mass is 413 g/mol. The Labute approximate surface area is 166 Å². The molecule has 0 aromatic heterocycles. The van der Waals surface area contributed by atoms with Crippen molar-refractivity contribution in [3.63, 3.8) is 0 Å². The molecule has 3 rings (SSSR count). The van der Waals surface area contributed by atoms with Gasteiger partial charge in [0.2, 0.25) is 10.3 Å². The van der Waals surface area contributed by atoms with Crippen molar-refractivity contribution in [3.05, 3.63) is 64.4 Å². The van der Waals surface area contributed by atoms with Gasteiger partial charge in [-0.05, 0) is 36.7 Å². The molecule has 0 saturated heterocycles. The molecule has 0 bridgehead atoms. The molecule has 2 aliphatic rings. The fourth-order valence-electron chi connectivity index (χ4n) is 2.75. The number of methoxy groups -OCH3 is 1. The van der Waals surface area contributed by atoms with Crippen LogP contribution in [0.1, 0.15) is 6.92 Å². The minimum absolute atomic E-state index is 0.0224. The van der Waals surface area contributed by atoms with E-state index in [0.29, 0.717) is 11.4 Å². The summed E-state index contributed by atoms with van der Waals surface area (Å²) >= 11 is 0. The van der Waals surface area contributed by atoms with Crippen molar-refractivity contribution < 1.29 is 17.9 Å². The Bertz CT molecular complexity index is 1140. The number of ether oxygens (including phenoxy) is 1. The average Bonchev–Trinajstić information content (AvgIpc) is 3.01. The number of hydrogen-bond acceptors (Lipinski definition) is 8. The van der Waals surface area contributed by atoms with Crippen molar-refractivity contribution in [3.8, 4) is 0 Å². The van der Waals surface area contributed by atoms with Crippen LogP contribution < -0.4 is 5.01 Å². The number of azide groups is 1. The highest BCUT2D eigenvalue weighted by Gasteiger charge is 2.35. The predicted molar refractivity (Wildman–Crippen MR) is 106 cm³/mol. The third-order valence-electron chi connectivity index (χ3n) is 4.14. The van der Waals surface area contributed by atoms with Crippen LogP contribution in [0.25, 0.3) is 10.4 Å². The number of hydrogen-bond donors (Lipinski definition) is 0. The lowest BCUT2D eigenvalue weighted by Gasteiger charge is -2.17. The molecule has 29 heavy (non-hydrogen) atoms. The Morgan fingerprint density at radius 1 is 1.21 bits per heavy atom. The first-order chi connectivity index (χ1) is 14.0. The highest BCUT2D eigenvalue weighted by atomic mass is 32.2. The van der Waals surface area contributed by atoms with Crippen molar-refractivity contribution in [2.45, 2.75) is 19.0 Å². The van der Waals surface area contributed by atoms with Crippen molar-refractivity contribution in [1.29, 1.82) is 0 Å². The third kappa shape index (κ3) is 3.93. The van der Waals surface area contributed by atoms with Gasteiger partial charge in [-0.15, -0.1) is 0 Å². The number of carbonyl (C=O) groups excluding carboxylic acids is 1. The molecular weight excluding hydrogens is 398 g/mol. The lowest BCUT2D eigenvalue weighted by molar-refractivity contribution is -0.117. The molecule has 0 spiro atoms. The lowest BCUT2D eigenvalue weighted by Crippen LogP contribution is -2.30. The summed E-state index contributed by atoms with van der Waals surface area (Å²) < 4.78 is 28.1. The minimum atomic E-state index is -2.65. The molecule has 0 saturated carbocycles. The van der Waals surface area contributed by atoms with E-state index in [0.717, 1.165) is 0 Å². The van der Waals surface area contributed by atoms with Crippen LogP contribution in [0.2, 0.25) is 0 Å². The minimum Gasteiger partial charge on any atom is -0.495 e. The van der Waals surface area contributed by atoms with Crippen molar-refractivity contribution >= 4 is 32.5 Å². The quantitative estimate of drug-likeness (QED) is 0.315. The molecule has 12 heteroatoms. The van der Waals surface area contributed by atoms with Gasteiger partial charge in [-0.3, -0.25) is 4.79 Å². The van der Waals surface area contributed by atoms with E-state index in [1.165, 1.54) is 24.3 Å². The van der Waals surface area contributed by atoms with Gasteiger partial charge in [0.25, 0.3) is 5.91 Å². The second kappa shape index (κ2) is 8.50. The molecule has 1 amide bonds. The zero-order valence-corrected chi connectivity index (χ0v) is 16.2. The largest absolute Gasteiger partial charge is 0.495 e. The number of anilines is 1. The number of nitrogens with zero attached hydrogens (tertiary/aromatic N) is 7. The molecule has 0 fully saturated rings. The molecule has 11 nitrogen and oxygen atoms in total. The van der Waals surface area contributed by atoms with Crippen LogP contribution in [0.15, 0.2) is 74.4 Å². The number of benzene rings is 1. The average molecular weight is 413 g/mol. The van der Waals surface area contributed by atoms with E-state index >= 15 is 0 Å². The lowest BCUT2D eigenvalue weighted by atomic mass is 10.0. The van der Waals surface area contributed by atoms with Gasteiger partial charge in [0.1, 0.15) is 17.5 Å². The van der Waals surface area contributed by atoms with Crippen LogP contribution in [0.5, 0.6) is 0 Å². The van der Waals surface area contributed by atoms with Gasteiger partial charge >= 0.3 is 0 Å². The van der Waals surface area contributed by atoms with Crippen LogP contribution in [0.4, 0.5) is 5.69 Å². The fourth-order valence-corrected chi connectivity index (χ4v) is 3.27. The molecule has 148 valence electrons. The number of azo groups is 1. The first-order valence-corrected chi connectivity index (χ1v) is 9.37. The maximum Gasteiger partial charge on any atom is 0.280 e.